The molecule has 1 rings (SSSR count). The van der Waals surface area contributed by atoms with Crippen molar-refractivity contribution < 1.29 is 12.8 Å². The van der Waals surface area contributed by atoms with Crippen molar-refractivity contribution in [3.05, 3.63) is 35.1 Å². The van der Waals surface area contributed by atoms with Crippen LogP contribution in [0.5, 0.6) is 0 Å². The van der Waals surface area contributed by atoms with Crippen molar-refractivity contribution in [2.75, 3.05) is 26.4 Å². The zero-order valence-electron chi connectivity index (χ0n) is 15.6. The van der Waals surface area contributed by atoms with E-state index in [0.29, 0.717) is 23.6 Å². The van der Waals surface area contributed by atoms with Gasteiger partial charge in [-0.05, 0) is 44.0 Å². The smallest absolute Gasteiger partial charge is 0.191 e. The summed E-state index contributed by atoms with van der Waals surface area (Å²) in [5.74, 6) is 0.0582. The van der Waals surface area contributed by atoms with E-state index in [9.17, 15) is 12.8 Å². The van der Waals surface area contributed by atoms with Gasteiger partial charge >= 0.3 is 0 Å². The summed E-state index contributed by atoms with van der Waals surface area (Å²) < 4.78 is 36.6. The van der Waals surface area contributed by atoms with E-state index in [1.165, 1.54) is 18.2 Å². The van der Waals surface area contributed by atoms with Crippen LogP contribution < -0.4 is 16.0 Å². The van der Waals surface area contributed by atoms with Crippen molar-refractivity contribution in [2.45, 2.75) is 38.6 Å². The second-order valence-corrected chi connectivity index (χ2v) is 9.15. The number of hydrogen-bond donors (Lipinski definition) is 3. The molecule has 0 aliphatic heterocycles. The van der Waals surface area contributed by atoms with Crippen molar-refractivity contribution in [3.63, 3.8) is 0 Å². The number of nitrogens with zero attached hydrogens (tertiary/aromatic N) is 1. The van der Waals surface area contributed by atoms with E-state index in [1.807, 2.05) is 0 Å². The van der Waals surface area contributed by atoms with Gasteiger partial charge < -0.3 is 16.0 Å². The number of benzene rings is 1. The Labute approximate surface area is 150 Å². The lowest BCUT2D eigenvalue weighted by atomic mass is 10.1. The third-order valence-corrected chi connectivity index (χ3v) is 4.16. The molecule has 3 N–H and O–H groups in total. The molecule has 0 bridgehead atoms. The van der Waals surface area contributed by atoms with Crippen molar-refractivity contribution in [3.8, 4) is 0 Å². The Morgan fingerprint density at radius 3 is 2.40 bits per heavy atom. The molecule has 8 heteroatoms. The van der Waals surface area contributed by atoms with Gasteiger partial charge in [-0.3, -0.25) is 4.99 Å². The van der Waals surface area contributed by atoms with Crippen LogP contribution >= 0.6 is 0 Å². The highest BCUT2D eigenvalue weighted by atomic mass is 32.2. The fraction of sp³-hybridized carbons (Fsp3) is 0.588. The van der Waals surface area contributed by atoms with Crippen LogP contribution in [0.15, 0.2) is 23.2 Å². The van der Waals surface area contributed by atoms with E-state index in [2.05, 4.69) is 41.7 Å². The van der Waals surface area contributed by atoms with E-state index in [0.717, 1.165) is 12.8 Å². The maximum absolute atomic E-state index is 13.5. The summed E-state index contributed by atoms with van der Waals surface area (Å²) in [7, 11) is -1.54. The molecule has 0 heterocycles. The Kier molecular flexibility index (Phi) is 7.82. The van der Waals surface area contributed by atoms with E-state index in [-0.39, 0.29) is 17.8 Å². The van der Waals surface area contributed by atoms with Gasteiger partial charge in [0, 0.05) is 38.5 Å². The van der Waals surface area contributed by atoms with E-state index in [4.69, 9.17) is 0 Å². The van der Waals surface area contributed by atoms with E-state index in [1.54, 1.807) is 7.05 Å². The third kappa shape index (κ3) is 9.40. The molecule has 0 saturated carbocycles. The molecule has 142 valence electrons. The summed E-state index contributed by atoms with van der Waals surface area (Å²) in [6, 6.07) is 4.13. The highest BCUT2D eigenvalue weighted by molar-refractivity contribution is 7.89. The monoisotopic (exact) mass is 372 g/mol. The molecule has 6 nitrogen and oxygen atoms in total. The van der Waals surface area contributed by atoms with E-state index >= 15 is 0 Å². The summed E-state index contributed by atoms with van der Waals surface area (Å²) in [4.78, 5) is 4.12. The molecule has 0 radical (unpaired) electrons. The minimum atomic E-state index is -3.19. The maximum atomic E-state index is 13.5. The highest BCUT2D eigenvalue weighted by Gasteiger charge is 2.11. The van der Waals surface area contributed by atoms with Crippen LogP contribution in [0.2, 0.25) is 0 Å². The number of rotatable bonds is 7. The molecule has 25 heavy (non-hydrogen) atoms. The Morgan fingerprint density at radius 2 is 1.84 bits per heavy atom. The van der Waals surface area contributed by atoms with Gasteiger partial charge in [0.05, 0.1) is 5.75 Å². The van der Waals surface area contributed by atoms with Gasteiger partial charge in [0.1, 0.15) is 5.82 Å². The Bertz CT molecular complexity index is 697. The lowest BCUT2D eigenvalue weighted by Gasteiger charge is -2.21. The Morgan fingerprint density at radius 1 is 1.16 bits per heavy atom. The molecule has 0 atom stereocenters. The first kappa shape index (κ1) is 21.4. The largest absolute Gasteiger partial charge is 0.355 e. The van der Waals surface area contributed by atoms with Crippen LogP contribution in [0.3, 0.4) is 0 Å². The fourth-order valence-corrected chi connectivity index (χ4v) is 3.05. The SMILES string of the molecule is CN=C(NCCNC(C)(C)C)NCc1cc(F)ccc1CS(C)(=O)=O. The van der Waals surface area contributed by atoms with Gasteiger partial charge in [0.15, 0.2) is 15.8 Å². The van der Waals surface area contributed by atoms with Gasteiger partial charge in [0.25, 0.3) is 0 Å². The van der Waals surface area contributed by atoms with Gasteiger partial charge in [-0.1, -0.05) is 6.07 Å². The van der Waals surface area contributed by atoms with Crippen molar-refractivity contribution in [2.24, 2.45) is 4.99 Å². The third-order valence-electron chi connectivity index (χ3n) is 3.33. The van der Waals surface area contributed by atoms with Gasteiger partial charge in [-0.25, -0.2) is 12.8 Å². The van der Waals surface area contributed by atoms with Crippen molar-refractivity contribution in [1.29, 1.82) is 0 Å². The summed E-state index contributed by atoms with van der Waals surface area (Å²) in [5, 5.41) is 9.60. The molecule has 1 aromatic rings. The van der Waals surface area contributed by atoms with Gasteiger partial charge in [-0.2, -0.15) is 0 Å². The quantitative estimate of drug-likeness (QED) is 0.383. The predicted octanol–water partition coefficient (Wildman–Crippen LogP) is 1.42. The maximum Gasteiger partial charge on any atom is 0.191 e. The first-order valence-corrected chi connectivity index (χ1v) is 10.2. The molecule has 0 amide bonds. The molecule has 0 unspecified atom stereocenters. The molecule has 0 aromatic heterocycles. The van der Waals surface area contributed by atoms with Crippen LogP contribution in [0.25, 0.3) is 0 Å². The minimum Gasteiger partial charge on any atom is -0.355 e. The average Bonchev–Trinajstić information content (AvgIpc) is 2.46. The summed E-state index contributed by atoms with van der Waals surface area (Å²) in [5.41, 5.74) is 1.23. The lowest BCUT2D eigenvalue weighted by molar-refractivity contribution is 0.428. The predicted molar refractivity (Wildman–Crippen MR) is 101 cm³/mol. The fourth-order valence-electron chi connectivity index (χ4n) is 2.20. The first-order valence-electron chi connectivity index (χ1n) is 8.15. The van der Waals surface area contributed by atoms with Crippen LogP contribution in [-0.4, -0.2) is 46.3 Å². The van der Waals surface area contributed by atoms with E-state index < -0.39 is 15.7 Å². The first-order chi connectivity index (χ1) is 11.5. The average molecular weight is 373 g/mol. The van der Waals surface area contributed by atoms with Crippen LogP contribution in [-0.2, 0) is 22.1 Å². The van der Waals surface area contributed by atoms with Crippen LogP contribution in [0.4, 0.5) is 4.39 Å². The molecule has 1 aromatic carbocycles. The van der Waals surface area contributed by atoms with Crippen molar-refractivity contribution in [1.82, 2.24) is 16.0 Å². The molecule has 0 aliphatic carbocycles. The van der Waals surface area contributed by atoms with Crippen LogP contribution in [0, 0.1) is 5.82 Å². The lowest BCUT2D eigenvalue weighted by Crippen LogP contribution is -2.44. The van der Waals surface area contributed by atoms with Crippen molar-refractivity contribution >= 4 is 15.8 Å². The minimum absolute atomic E-state index is 0.0424. The second-order valence-electron chi connectivity index (χ2n) is 7.01. The molecular weight excluding hydrogens is 343 g/mol. The number of sulfone groups is 1. The number of nitrogens with one attached hydrogen (secondary N) is 3. The molecule has 0 saturated heterocycles. The highest BCUT2D eigenvalue weighted by Crippen LogP contribution is 2.14. The normalized spacial score (nSPS) is 13.0. The van der Waals surface area contributed by atoms with Gasteiger partial charge in [-0.15, -0.1) is 0 Å². The molecule has 0 fully saturated rings. The zero-order valence-corrected chi connectivity index (χ0v) is 16.4. The topological polar surface area (TPSA) is 82.6 Å². The van der Waals surface area contributed by atoms with Crippen LogP contribution in [0.1, 0.15) is 31.9 Å². The Hall–Kier alpha value is -1.67. The molecule has 0 aliphatic rings. The summed E-state index contributed by atoms with van der Waals surface area (Å²) >= 11 is 0. The number of halogens is 1. The Balaban J connectivity index is 2.64. The summed E-state index contributed by atoms with van der Waals surface area (Å²) in [6.45, 7) is 8.00. The molecular formula is C17H29FN4O2S. The van der Waals surface area contributed by atoms with Gasteiger partial charge in [0.2, 0.25) is 0 Å². The standard InChI is InChI=1S/C17H29FN4O2S/c1-17(2,3)22-9-8-20-16(19-4)21-11-14-10-15(18)7-6-13(14)12-25(5,23)24/h6-7,10,22H,8-9,11-12H2,1-5H3,(H2,19,20,21). The number of hydrogen-bond acceptors (Lipinski definition) is 4. The summed E-state index contributed by atoms with van der Waals surface area (Å²) in [6.07, 6.45) is 1.16. The number of guanidine groups is 1. The second kappa shape index (κ2) is 9.15. The molecule has 0 spiro atoms. The zero-order chi connectivity index (χ0) is 19.1. The number of aliphatic imine (C=N–C) groups is 1.